The number of hydrogen-bond donors (Lipinski definition) is 1. The normalized spacial score (nSPS) is 12.3. The van der Waals surface area contributed by atoms with Gasteiger partial charge in [-0.1, -0.05) is 12.1 Å². The van der Waals surface area contributed by atoms with Crippen molar-refractivity contribution >= 4 is 23.5 Å². The summed E-state index contributed by atoms with van der Waals surface area (Å²) in [4.78, 5) is 32.1. The Hall–Kier alpha value is -2.91. The van der Waals surface area contributed by atoms with Gasteiger partial charge in [0.05, 0.1) is 5.69 Å². The van der Waals surface area contributed by atoms with Gasteiger partial charge in [-0.2, -0.15) is 0 Å². The molecule has 1 aliphatic rings. The summed E-state index contributed by atoms with van der Waals surface area (Å²) < 4.78 is 0. The molecule has 0 saturated heterocycles. The molecule has 6 nitrogen and oxygen atoms in total. The Balaban J connectivity index is 0.000000924. The SMILES string of the molecule is C#C.O=C(O)CN1Cc2ccc(-c3ccnc(Cl)n3)cc2C1=O. The molecule has 1 amide bonds. The highest BCUT2D eigenvalue weighted by Crippen LogP contribution is 2.27. The van der Waals surface area contributed by atoms with Crippen LogP contribution in [0.2, 0.25) is 5.28 Å². The Morgan fingerprint density at radius 1 is 1.35 bits per heavy atom. The number of benzene rings is 1. The van der Waals surface area contributed by atoms with Crippen LogP contribution in [0, 0.1) is 12.8 Å². The fourth-order valence-corrected chi connectivity index (χ4v) is 2.45. The third-order valence-electron chi connectivity index (χ3n) is 3.24. The quantitative estimate of drug-likeness (QED) is 0.688. The summed E-state index contributed by atoms with van der Waals surface area (Å²) in [6.45, 7) is 0.00740. The van der Waals surface area contributed by atoms with Gasteiger partial charge in [-0.25, -0.2) is 9.97 Å². The van der Waals surface area contributed by atoms with Crippen molar-refractivity contribution in [2.24, 2.45) is 0 Å². The van der Waals surface area contributed by atoms with Crippen molar-refractivity contribution < 1.29 is 14.7 Å². The Morgan fingerprint density at radius 2 is 2.09 bits per heavy atom. The van der Waals surface area contributed by atoms with Gasteiger partial charge in [0.2, 0.25) is 5.28 Å². The number of fused-ring (bicyclic) bond motifs is 1. The van der Waals surface area contributed by atoms with Crippen molar-refractivity contribution in [2.45, 2.75) is 6.54 Å². The lowest BCUT2D eigenvalue weighted by Crippen LogP contribution is -2.29. The lowest BCUT2D eigenvalue weighted by atomic mass is 10.0. The fourth-order valence-electron chi connectivity index (χ4n) is 2.31. The molecule has 0 radical (unpaired) electrons. The number of carboxylic acids is 1. The summed E-state index contributed by atoms with van der Waals surface area (Å²) in [7, 11) is 0. The summed E-state index contributed by atoms with van der Waals surface area (Å²) in [5.41, 5.74) is 2.67. The zero-order chi connectivity index (χ0) is 17.0. The fraction of sp³-hybridized carbons (Fsp3) is 0.125. The van der Waals surface area contributed by atoms with Crippen molar-refractivity contribution in [3.05, 3.63) is 46.9 Å². The second kappa shape index (κ2) is 6.90. The van der Waals surface area contributed by atoms with Gasteiger partial charge in [0.15, 0.2) is 0 Å². The number of terminal acetylenes is 1. The molecule has 0 saturated carbocycles. The first-order valence-corrected chi connectivity index (χ1v) is 6.88. The summed E-state index contributed by atoms with van der Waals surface area (Å²) in [6, 6.07) is 7.04. The van der Waals surface area contributed by atoms with Crippen LogP contribution in [0.5, 0.6) is 0 Å². The first-order chi connectivity index (χ1) is 11.0. The van der Waals surface area contributed by atoms with Crippen LogP contribution < -0.4 is 0 Å². The number of nitrogens with zero attached hydrogens (tertiary/aromatic N) is 3. The lowest BCUT2D eigenvalue weighted by Gasteiger charge is -2.11. The van der Waals surface area contributed by atoms with Crippen LogP contribution in [0.15, 0.2) is 30.5 Å². The maximum absolute atomic E-state index is 12.2. The third-order valence-corrected chi connectivity index (χ3v) is 3.42. The highest BCUT2D eigenvalue weighted by atomic mass is 35.5. The summed E-state index contributed by atoms with van der Waals surface area (Å²) in [6.07, 6.45) is 9.54. The number of rotatable bonds is 3. The molecule has 3 rings (SSSR count). The Kier molecular flexibility index (Phi) is 4.94. The first-order valence-electron chi connectivity index (χ1n) is 6.51. The monoisotopic (exact) mass is 329 g/mol. The first kappa shape index (κ1) is 16.5. The molecule has 0 unspecified atom stereocenters. The van der Waals surface area contributed by atoms with Crippen molar-refractivity contribution in [3.8, 4) is 24.1 Å². The molecule has 1 aromatic heterocycles. The zero-order valence-corrected chi connectivity index (χ0v) is 12.7. The van der Waals surface area contributed by atoms with Gasteiger partial charge in [0.1, 0.15) is 6.54 Å². The van der Waals surface area contributed by atoms with E-state index in [-0.39, 0.29) is 17.7 Å². The van der Waals surface area contributed by atoms with E-state index in [9.17, 15) is 9.59 Å². The molecular weight excluding hydrogens is 318 g/mol. The molecule has 0 bridgehead atoms. The number of amides is 1. The van der Waals surface area contributed by atoms with Gasteiger partial charge >= 0.3 is 5.97 Å². The van der Waals surface area contributed by atoms with Crippen LogP contribution >= 0.6 is 11.6 Å². The molecule has 0 atom stereocenters. The Bertz CT molecular complexity index is 789. The minimum absolute atomic E-state index is 0.131. The van der Waals surface area contributed by atoms with Gasteiger partial charge in [0.25, 0.3) is 5.91 Å². The molecule has 2 aromatic rings. The van der Waals surface area contributed by atoms with Gasteiger partial charge < -0.3 is 10.0 Å². The van der Waals surface area contributed by atoms with E-state index in [0.717, 1.165) is 11.1 Å². The standard InChI is InChI=1S/C14H10ClN3O3.C2H2/c15-14-16-4-3-11(17-14)8-1-2-9-6-18(7-12(19)20)13(21)10(9)5-8;1-2/h1-5H,6-7H2,(H,19,20);1-2H. The van der Waals surface area contributed by atoms with E-state index >= 15 is 0 Å². The number of halogens is 1. The summed E-state index contributed by atoms with van der Waals surface area (Å²) >= 11 is 5.76. The van der Waals surface area contributed by atoms with Gasteiger partial charge in [-0.05, 0) is 29.3 Å². The molecular formula is C16H12ClN3O3. The van der Waals surface area contributed by atoms with Crippen LogP contribution in [0.3, 0.4) is 0 Å². The van der Waals surface area contributed by atoms with Crippen LogP contribution in [0.4, 0.5) is 0 Å². The predicted molar refractivity (Wildman–Crippen MR) is 84.7 cm³/mol. The lowest BCUT2D eigenvalue weighted by molar-refractivity contribution is -0.137. The average molecular weight is 330 g/mol. The summed E-state index contributed by atoms with van der Waals surface area (Å²) in [5.74, 6) is -1.31. The maximum Gasteiger partial charge on any atom is 0.323 e. The van der Waals surface area contributed by atoms with Gasteiger partial charge in [-0.3, -0.25) is 9.59 Å². The highest BCUT2D eigenvalue weighted by Gasteiger charge is 2.29. The minimum Gasteiger partial charge on any atom is -0.480 e. The van der Waals surface area contributed by atoms with Gasteiger partial charge in [-0.15, -0.1) is 12.8 Å². The molecule has 1 N–H and O–H groups in total. The van der Waals surface area contributed by atoms with Crippen molar-refractivity contribution in [2.75, 3.05) is 6.54 Å². The molecule has 1 aliphatic heterocycles. The zero-order valence-electron chi connectivity index (χ0n) is 11.9. The number of carboxylic acid groups (broad SMARTS) is 1. The molecule has 1 aromatic carbocycles. The molecule has 23 heavy (non-hydrogen) atoms. The number of hydrogen-bond acceptors (Lipinski definition) is 4. The number of aromatic nitrogens is 2. The van der Waals surface area contributed by atoms with E-state index in [2.05, 4.69) is 22.8 Å². The Labute approximate surface area is 137 Å². The van der Waals surface area contributed by atoms with E-state index < -0.39 is 5.97 Å². The van der Waals surface area contributed by atoms with Crippen LogP contribution in [-0.2, 0) is 11.3 Å². The van der Waals surface area contributed by atoms with E-state index in [4.69, 9.17) is 16.7 Å². The smallest absolute Gasteiger partial charge is 0.323 e. The number of aliphatic carboxylic acids is 1. The van der Waals surface area contributed by atoms with Crippen LogP contribution in [-0.4, -0.2) is 38.4 Å². The highest BCUT2D eigenvalue weighted by molar-refractivity contribution is 6.28. The molecule has 0 fully saturated rings. The van der Waals surface area contributed by atoms with Crippen LogP contribution in [0.25, 0.3) is 11.3 Å². The Morgan fingerprint density at radius 3 is 2.74 bits per heavy atom. The van der Waals surface area contributed by atoms with E-state index in [1.165, 1.54) is 11.1 Å². The van der Waals surface area contributed by atoms with Crippen molar-refractivity contribution in [1.82, 2.24) is 14.9 Å². The van der Waals surface area contributed by atoms with Crippen molar-refractivity contribution in [1.29, 1.82) is 0 Å². The molecule has 0 spiro atoms. The molecule has 0 aliphatic carbocycles. The average Bonchev–Trinajstić information content (AvgIpc) is 2.84. The van der Waals surface area contributed by atoms with Gasteiger partial charge in [0, 0.05) is 23.9 Å². The summed E-state index contributed by atoms with van der Waals surface area (Å²) in [5, 5.41) is 8.94. The second-order valence-corrected chi connectivity index (χ2v) is 4.98. The molecule has 116 valence electrons. The number of carbonyl (C=O) groups excluding carboxylic acids is 1. The second-order valence-electron chi connectivity index (χ2n) is 4.64. The maximum atomic E-state index is 12.2. The van der Waals surface area contributed by atoms with E-state index in [0.29, 0.717) is 17.8 Å². The molecule has 7 heteroatoms. The van der Waals surface area contributed by atoms with E-state index in [1.807, 2.05) is 6.07 Å². The largest absolute Gasteiger partial charge is 0.480 e. The van der Waals surface area contributed by atoms with Crippen molar-refractivity contribution in [3.63, 3.8) is 0 Å². The predicted octanol–water partition coefficient (Wildman–Crippen LogP) is 2.09. The number of carbonyl (C=O) groups is 2. The molecule has 2 heterocycles. The topological polar surface area (TPSA) is 83.4 Å². The minimum atomic E-state index is -1.03. The third kappa shape index (κ3) is 3.47. The van der Waals surface area contributed by atoms with Crippen LogP contribution in [0.1, 0.15) is 15.9 Å². The van der Waals surface area contributed by atoms with E-state index in [1.54, 1.807) is 18.2 Å².